The number of hydrogen-bond donors (Lipinski definition) is 2. The smallest absolute Gasteiger partial charge is 0.416 e. The number of benzene rings is 3. The van der Waals surface area contributed by atoms with Crippen LogP contribution in [0.1, 0.15) is 35.3 Å². The molecular formula is C36H29BrF3N3O6S2. The summed E-state index contributed by atoms with van der Waals surface area (Å²) >= 11 is 6.16. The van der Waals surface area contributed by atoms with Gasteiger partial charge in [0.2, 0.25) is 11.8 Å². The van der Waals surface area contributed by atoms with Crippen LogP contribution in [0.2, 0.25) is 0 Å². The molecular weight excluding hydrogens is 771 g/mol. The molecule has 9 nitrogen and oxygen atoms in total. The van der Waals surface area contributed by atoms with Crippen LogP contribution in [-0.4, -0.2) is 41.2 Å². The van der Waals surface area contributed by atoms with E-state index in [1.807, 2.05) is 24.3 Å². The summed E-state index contributed by atoms with van der Waals surface area (Å²) in [6, 6.07) is 16.9. The van der Waals surface area contributed by atoms with Crippen molar-refractivity contribution in [2.24, 2.45) is 29.6 Å². The summed E-state index contributed by atoms with van der Waals surface area (Å²) < 4.78 is 52.0. The molecule has 51 heavy (non-hydrogen) atoms. The van der Waals surface area contributed by atoms with Gasteiger partial charge in [-0.05, 0) is 91.3 Å². The molecule has 3 heterocycles. The van der Waals surface area contributed by atoms with Gasteiger partial charge in [0.25, 0.3) is 5.91 Å². The summed E-state index contributed by atoms with van der Waals surface area (Å²) in [6.07, 6.45) is -3.82. The van der Waals surface area contributed by atoms with Crippen LogP contribution >= 0.6 is 39.0 Å². The number of alkyl halides is 3. The van der Waals surface area contributed by atoms with E-state index >= 15 is 0 Å². The van der Waals surface area contributed by atoms with E-state index in [0.717, 1.165) is 49.8 Å². The summed E-state index contributed by atoms with van der Waals surface area (Å²) in [5, 5.41) is 3.20. The number of fused-ring (bicyclic) bond motifs is 9. The average molecular weight is 801 g/mol. The largest absolute Gasteiger partial charge is 0.490 e. The number of hydrogen-bond acceptors (Lipinski definition) is 8. The average Bonchev–Trinajstić information content (AvgIpc) is 3.83. The minimum absolute atomic E-state index is 0.00775. The lowest BCUT2D eigenvalue weighted by molar-refractivity contribution is -0.137. The Morgan fingerprint density at radius 3 is 2.45 bits per heavy atom. The van der Waals surface area contributed by atoms with Crippen molar-refractivity contribution < 1.29 is 37.0 Å². The number of H-pyrrole nitrogens is 1. The molecule has 0 unspecified atom stereocenters. The summed E-state index contributed by atoms with van der Waals surface area (Å²) in [6.45, 7) is 1.60. The Morgan fingerprint density at radius 2 is 1.73 bits per heavy atom. The number of aromatic amines is 1. The number of nitrogens with one attached hydrogen (secondary N) is 2. The lowest BCUT2D eigenvalue weighted by Crippen LogP contribution is -2.42. The second-order valence-electron chi connectivity index (χ2n) is 13.0. The van der Waals surface area contributed by atoms with Crippen LogP contribution < -0.4 is 24.6 Å². The molecule has 2 aliphatic heterocycles. The zero-order valence-electron chi connectivity index (χ0n) is 26.7. The maximum atomic E-state index is 14.0. The van der Waals surface area contributed by atoms with Gasteiger partial charge in [-0.1, -0.05) is 39.4 Å². The Hall–Kier alpha value is -4.08. The van der Waals surface area contributed by atoms with Gasteiger partial charge in [-0.15, -0.1) is 11.8 Å². The first kappa shape index (κ1) is 34.0. The SMILES string of the molecule is CCOc1cc([C@@H]2c3sc(=O)[nH]c3S[C@@H]3[C@@H]4C[C@@H]([C@@H]5C(=O)N(c6ccc(Br)cc6)C(=O)[C@@H]45)[C@H]23)ccc1OCC(=O)Nc1cccc(C(F)(F)F)c1. The van der Waals surface area contributed by atoms with Crippen LogP contribution in [0.3, 0.4) is 0 Å². The van der Waals surface area contributed by atoms with E-state index in [1.54, 1.807) is 36.9 Å². The van der Waals surface area contributed by atoms with Crippen molar-refractivity contribution in [1.82, 2.24) is 4.98 Å². The van der Waals surface area contributed by atoms with Crippen LogP contribution in [0.25, 0.3) is 0 Å². The van der Waals surface area contributed by atoms with Crippen molar-refractivity contribution in [3.63, 3.8) is 0 Å². The Labute approximate surface area is 306 Å². The van der Waals surface area contributed by atoms with E-state index in [1.165, 1.54) is 17.0 Å². The number of carbonyl (C=O) groups is 3. The molecule has 4 aliphatic rings. The highest BCUT2D eigenvalue weighted by atomic mass is 79.9. The molecule has 3 amide bonds. The first-order valence-electron chi connectivity index (χ1n) is 16.3. The fraction of sp³-hybridized carbons (Fsp3) is 0.333. The van der Waals surface area contributed by atoms with E-state index in [-0.39, 0.29) is 63.7 Å². The quantitative estimate of drug-likeness (QED) is 0.180. The maximum absolute atomic E-state index is 14.0. The first-order valence-corrected chi connectivity index (χ1v) is 18.8. The van der Waals surface area contributed by atoms with Crippen molar-refractivity contribution in [2.75, 3.05) is 23.4 Å². The molecule has 3 aromatic carbocycles. The highest BCUT2D eigenvalue weighted by molar-refractivity contribution is 9.10. The number of thiazole rings is 1. The number of aromatic nitrogens is 1. The Balaban J connectivity index is 1.07. The molecule has 0 spiro atoms. The fourth-order valence-corrected chi connectivity index (χ4v) is 11.6. The Kier molecular flexibility index (Phi) is 8.57. The van der Waals surface area contributed by atoms with Crippen molar-refractivity contribution in [1.29, 1.82) is 0 Å². The standard InChI is InChI=1S/C36H29BrF3N3O6S2/c1-2-48-24-12-16(6-11-23(24)49-15-25(44)41-19-5-3-4-17(13-19)36(38,39)40)26-27-21-14-22(30(27)50-32-31(26)51-35(47)42-32)29-28(21)33(45)43(34(29)46)20-9-7-18(37)8-10-20/h3-13,21-22,26-30H,2,14-15H2,1H3,(H,41,44)(H,42,47)/t21-,22-,26+,27-,28+,29+,30-/m1/s1. The van der Waals surface area contributed by atoms with Gasteiger partial charge in [0.1, 0.15) is 0 Å². The molecule has 7 atom stereocenters. The molecule has 2 N–H and O–H groups in total. The lowest BCUT2D eigenvalue weighted by Gasteiger charge is -2.43. The molecule has 264 valence electrons. The molecule has 2 saturated carbocycles. The van der Waals surface area contributed by atoms with Gasteiger partial charge in [-0.2, -0.15) is 13.2 Å². The van der Waals surface area contributed by atoms with Crippen molar-refractivity contribution in [2.45, 2.75) is 35.7 Å². The molecule has 4 aromatic rings. The van der Waals surface area contributed by atoms with Crippen molar-refractivity contribution >= 4 is 68.1 Å². The topological polar surface area (TPSA) is 118 Å². The van der Waals surface area contributed by atoms with Gasteiger partial charge in [0, 0.05) is 26.2 Å². The van der Waals surface area contributed by atoms with Gasteiger partial charge in [0.15, 0.2) is 18.1 Å². The molecule has 1 saturated heterocycles. The molecule has 2 bridgehead atoms. The van der Waals surface area contributed by atoms with Crippen LogP contribution in [0.15, 0.2) is 81.0 Å². The highest BCUT2D eigenvalue weighted by Gasteiger charge is 2.69. The second kappa shape index (κ2) is 12.8. The zero-order chi connectivity index (χ0) is 35.8. The second-order valence-corrected chi connectivity index (χ2v) is 16.1. The third-order valence-electron chi connectivity index (χ3n) is 10.3. The minimum atomic E-state index is -4.55. The molecule has 3 fully saturated rings. The minimum Gasteiger partial charge on any atom is -0.490 e. The number of halogens is 4. The number of nitrogens with zero attached hydrogens (tertiary/aromatic N) is 1. The number of amides is 3. The van der Waals surface area contributed by atoms with E-state index in [9.17, 15) is 32.3 Å². The Morgan fingerprint density at radius 1 is 0.980 bits per heavy atom. The predicted molar refractivity (Wildman–Crippen MR) is 188 cm³/mol. The van der Waals surface area contributed by atoms with E-state index in [2.05, 4.69) is 26.2 Å². The van der Waals surface area contributed by atoms with Gasteiger partial charge < -0.3 is 19.8 Å². The molecule has 0 radical (unpaired) electrons. The monoisotopic (exact) mass is 799 g/mol. The predicted octanol–water partition coefficient (Wildman–Crippen LogP) is 7.31. The first-order chi connectivity index (χ1) is 24.4. The number of anilines is 2. The van der Waals surface area contributed by atoms with Gasteiger partial charge in [-0.3, -0.25) is 24.1 Å². The van der Waals surface area contributed by atoms with Gasteiger partial charge >= 0.3 is 11.0 Å². The maximum Gasteiger partial charge on any atom is 0.416 e. The number of imide groups is 1. The third-order valence-corrected chi connectivity index (χ3v) is 13.4. The van der Waals surface area contributed by atoms with Crippen molar-refractivity contribution in [3.05, 3.63) is 96.9 Å². The number of carbonyl (C=O) groups excluding carboxylic acids is 3. The molecule has 2 aliphatic carbocycles. The van der Waals surface area contributed by atoms with Crippen LogP contribution in [0.5, 0.6) is 11.5 Å². The molecule has 15 heteroatoms. The summed E-state index contributed by atoms with van der Waals surface area (Å²) in [4.78, 5) is 58.4. The Bertz CT molecular complexity index is 2120. The van der Waals surface area contributed by atoms with Gasteiger partial charge in [-0.25, -0.2) is 0 Å². The highest BCUT2D eigenvalue weighted by Crippen LogP contribution is 2.69. The van der Waals surface area contributed by atoms with Crippen LogP contribution in [0.4, 0.5) is 24.5 Å². The summed E-state index contributed by atoms with van der Waals surface area (Å²) in [5.74, 6) is -1.72. The normalized spacial score (nSPS) is 26.1. The van der Waals surface area contributed by atoms with E-state index in [0.29, 0.717) is 11.4 Å². The van der Waals surface area contributed by atoms with Gasteiger partial charge in [0.05, 0.1) is 34.7 Å². The molecule has 1 aromatic heterocycles. The number of rotatable bonds is 8. The van der Waals surface area contributed by atoms with Crippen molar-refractivity contribution in [3.8, 4) is 11.5 Å². The summed E-state index contributed by atoms with van der Waals surface area (Å²) in [7, 11) is 0. The van der Waals surface area contributed by atoms with Crippen LogP contribution in [0, 0.1) is 29.6 Å². The van der Waals surface area contributed by atoms with E-state index < -0.39 is 36.1 Å². The molecule has 8 rings (SSSR count). The number of ether oxygens (including phenoxy) is 2. The third kappa shape index (κ3) is 5.86. The lowest BCUT2D eigenvalue weighted by atomic mass is 9.68. The van der Waals surface area contributed by atoms with E-state index in [4.69, 9.17) is 9.47 Å². The number of thioether (sulfide) groups is 1. The van der Waals surface area contributed by atoms with Crippen LogP contribution in [-0.2, 0) is 20.6 Å². The fourth-order valence-electron chi connectivity index (χ4n) is 8.45. The zero-order valence-corrected chi connectivity index (χ0v) is 30.0. The summed E-state index contributed by atoms with van der Waals surface area (Å²) in [5.41, 5.74) is 0.501.